The molecule has 0 bridgehead atoms. The Labute approximate surface area is 206 Å². The Bertz CT molecular complexity index is 935. The molecule has 0 N–H and O–H groups in total. The lowest BCUT2D eigenvalue weighted by Gasteiger charge is -2.31. The van der Waals surface area contributed by atoms with Gasteiger partial charge in [0.2, 0.25) is 0 Å². The van der Waals surface area contributed by atoms with Gasteiger partial charge >= 0.3 is 0 Å². The minimum Gasteiger partial charge on any atom is -0.493 e. The van der Waals surface area contributed by atoms with Gasteiger partial charge in [-0.1, -0.05) is 32.9 Å². The van der Waals surface area contributed by atoms with Crippen molar-refractivity contribution in [3.05, 3.63) is 53.6 Å². The van der Waals surface area contributed by atoms with Gasteiger partial charge in [-0.25, -0.2) is 0 Å². The molecule has 1 unspecified atom stereocenters. The molecule has 0 saturated carbocycles. The second-order valence-corrected chi connectivity index (χ2v) is 8.89. The van der Waals surface area contributed by atoms with Crippen LogP contribution in [-0.2, 0) is 4.79 Å². The van der Waals surface area contributed by atoms with Gasteiger partial charge in [-0.2, -0.15) is 0 Å². The van der Waals surface area contributed by atoms with Crippen LogP contribution in [0.4, 0.5) is 0 Å². The maximum Gasteiger partial charge on any atom is 0.161 e. The predicted octanol–water partition coefficient (Wildman–Crippen LogP) is 6.36. The van der Waals surface area contributed by atoms with Crippen molar-refractivity contribution in [2.45, 2.75) is 53.9 Å². The molecule has 0 aliphatic carbocycles. The second kappa shape index (κ2) is 13.9. The Balaban J connectivity index is 2.41. The lowest BCUT2D eigenvalue weighted by Crippen LogP contribution is -2.33. The minimum absolute atomic E-state index is 0.0437. The van der Waals surface area contributed by atoms with E-state index in [0.717, 1.165) is 37.3 Å². The number of carbonyl (C=O) groups excluding carboxylic acids is 1. The fourth-order valence-electron chi connectivity index (χ4n) is 4.26. The Morgan fingerprint density at radius 2 is 1.82 bits per heavy atom. The number of hydrogen-bond acceptors (Lipinski definition) is 5. The average molecular weight is 467 g/mol. The normalized spacial score (nSPS) is 17.8. The van der Waals surface area contributed by atoms with E-state index in [1.165, 1.54) is 18.4 Å². The SMILES string of the molecule is C\C=C(/C=C\C(=N/C(=C\C(C)=O)c1ccc(OC)c(OC)c1)C(C)CC)C1CCN(CC)CC1. The number of ether oxygens (including phenoxy) is 2. The van der Waals surface area contributed by atoms with Crippen LogP contribution in [0, 0.1) is 11.8 Å². The van der Waals surface area contributed by atoms with Crippen LogP contribution < -0.4 is 9.47 Å². The lowest BCUT2D eigenvalue weighted by molar-refractivity contribution is -0.112. The largest absolute Gasteiger partial charge is 0.493 e. The van der Waals surface area contributed by atoms with Gasteiger partial charge in [0, 0.05) is 17.4 Å². The summed E-state index contributed by atoms with van der Waals surface area (Å²) in [6, 6.07) is 5.63. The van der Waals surface area contributed by atoms with E-state index in [2.05, 4.69) is 50.8 Å². The molecule has 0 spiro atoms. The van der Waals surface area contributed by atoms with Crippen LogP contribution in [0.2, 0.25) is 0 Å². The number of aliphatic imine (C=N–C) groups is 1. The van der Waals surface area contributed by atoms with Crippen LogP contribution in [0.5, 0.6) is 11.5 Å². The number of methoxy groups -OCH3 is 2. The number of benzene rings is 1. The number of piperidine rings is 1. The zero-order valence-electron chi connectivity index (χ0n) is 22.1. The van der Waals surface area contributed by atoms with E-state index in [9.17, 15) is 4.79 Å². The zero-order valence-corrected chi connectivity index (χ0v) is 22.1. The Kier molecular flexibility index (Phi) is 11.3. The molecule has 1 saturated heterocycles. The van der Waals surface area contributed by atoms with Gasteiger partial charge in [0.25, 0.3) is 0 Å². The zero-order chi connectivity index (χ0) is 25.1. The van der Waals surface area contributed by atoms with Gasteiger partial charge in [0.05, 0.1) is 19.9 Å². The summed E-state index contributed by atoms with van der Waals surface area (Å²) in [6.07, 6.45) is 11.5. The molecular weight excluding hydrogens is 424 g/mol. The number of carbonyl (C=O) groups is 1. The quantitative estimate of drug-likeness (QED) is 0.216. The molecule has 1 atom stereocenters. The topological polar surface area (TPSA) is 51.1 Å². The summed E-state index contributed by atoms with van der Waals surface area (Å²) in [5.41, 5.74) is 3.79. The molecule has 0 aromatic heterocycles. The van der Waals surface area contributed by atoms with Crippen molar-refractivity contribution in [2.75, 3.05) is 33.9 Å². The summed E-state index contributed by atoms with van der Waals surface area (Å²) in [5, 5.41) is 0. The van der Waals surface area contributed by atoms with Gasteiger partial charge in [0.15, 0.2) is 17.3 Å². The molecule has 1 aromatic carbocycles. The van der Waals surface area contributed by atoms with E-state index >= 15 is 0 Å². The molecule has 2 rings (SSSR count). The summed E-state index contributed by atoms with van der Waals surface area (Å²) in [7, 11) is 3.22. The minimum atomic E-state index is -0.0437. The molecule has 1 aromatic rings. The van der Waals surface area contributed by atoms with Crippen molar-refractivity contribution in [1.29, 1.82) is 0 Å². The van der Waals surface area contributed by atoms with E-state index in [0.29, 0.717) is 23.1 Å². The Morgan fingerprint density at radius 3 is 2.35 bits per heavy atom. The molecule has 5 heteroatoms. The first-order valence-corrected chi connectivity index (χ1v) is 12.5. The number of nitrogens with zero attached hydrogens (tertiary/aromatic N) is 2. The number of likely N-dealkylation sites (tertiary alicyclic amines) is 1. The summed E-state index contributed by atoms with van der Waals surface area (Å²) in [4.78, 5) is 19.6. The highest BCUT2D eigenvalue weighted by molar-refractivity contribution is 6.03. The fraction of sp³-hybridized carbons (Fsp3) is 0.517. The van der Waals surface area contributed by atoms with Gasteiger partial charge in [0.1, 0.15) is 0 Å². The van der Waals surface area contributed by atoms with E-state index in [-0.39, 0.29) is 11.7 Å². The first-order chi connectivity index (χ1) is 16.4. The highest BCUT2D eigenvalue weighted by atomic mass is 16.5. The average Bonchev–Trinajstić information content (AvgIpc) is 2.86. The number of allylic oxidation sites excluding steroid dienone is 5. The van der Waals surface area contributed by atoms with E-state index in [1.54, 1.807) is 27.2 Å². The molecule has 34 heavy (non-hydrogen) atoms. The van der Waals surface area contributed by atoms with Crippen molar-refractivity contribution in [3.63, 3.8) is 0 Å². The van der Waals surface area contributed by atoms with Gasteiger partial charge in [-0.05, 0) is 94.4 Å². The summed E-state index contributed by atoms with van der Waals surface area (Å²) in [6.45, 7) is 13.7. The van der Waals surface area contributed by atoms with Crippen molar-refractivity contribution < 1.29 is 14.3 Å². The Hall–Kier alpha value is -2.66. The fourth-order valence-corrected chi connectivity index (χ4v) is 4.26. The van der Waals surface area contributed by atoms with Gasteiger partial charge in [-0.3, -0.25) is 9.79 Å². The van der Waals surface area contributed by atoms with Crippen LogP contribution in [0.3, 0.4) is 0 Å². The third-order valence-corrected chi connectivity index (χ3v) is 6.67. The molecule has 0 amide bonds. The lowest BCUT2D eigenvalue weighted by atomic mass is 9.88. The highest BCUT2D eigenvalue weighted by Gasteiger charge is 2.20. The molecule has 1 aliphatic rings. The van der Waals surface area contributed by atoms with Gasteiger partial charge < -0.3 is 14.4 Å². The number of hydrogen-bond donors (Lipinski definition) is 0. The van der Waals surface area contributed by atoms with Crippen LogP contribution in [-0.4, -0.2) is 50.2 Å². The van der Waals surface area contributed by atoms with E-state index in [4.69, 9.17) is 14.5 Å². The monoisotopic (exact) mass is 466 g/mol. The summed E-state index contributed by atoms with van der Waals surface area (Å²) < 4.78 is 10.8. The molecule has 5 nitrogen and oxygen atoms in total. The van der Waals surface area contributed by atoms with Crippen LogP contribution in [0.25, 0.3) is 5.70 Å². The molecule has 1 aliphatic heterocycles. The molecule has 186 valence electrons. The molecule has 0 radical (unpaired) electrons. The van der Waals surface area contributed by atoms with E-state index < -0.39 is 0 Å². The summed E-state index contributed by atoms with van der Waals surface area (Å²) >= 11 is 0. The number of ketones is 1. The van der Waals surface area contributed by atoms with Crippen molar-refractivity contribution in [2.24, 2.45) is 16.8 Å². The molecule has 1 fully saturated rings. The smallest absolute Gasteiger partial charge is 0.161 e. The molecular formula is C29H42N2O3. The third kappa shape index (κ3) is 7.69. The third-order valence-electron chi connectivity index (χ3n) is 6.67. The van der Waals surface area contributed by atoms with Crippen molar-refractivity contribution in [1.82, 2.24) is 4.90 Å². The van der Waals surface area contributed by atoms with Crippen LogP contribution in [0.1, 0.15) is 59.4 Å². The van der Waals surface area contributed by atoms with Crippen molar-refractivity contribution in [3.8, 4) is 11.5 Å². The van der Waals surface area contributed by atoms with Crippen LogP contribution in [0.15, 0.2) is 53.1 Å². The highest BCUT2D eigenvalue weighted by Crippen LogP contribution is 2.31. The first kappa shape index (κ1) is 27.6. The Morgan fingerprint density at radius 1 is 1.15 bits per heavy atom. The first-order valence-electron chi connectivity index (χ1n) is 12.5. The van der Waals surface area contributed by atoms with Gasteiger partial charge in [-0.15, -0.1) is 0 Å². The second-order valence-electron chi connectivity index (χ2n) is 8.89. The van der Waals surface area contributed by atoms with Crippen molar-refractivity contribution >= 4 is 17.2 Å². The summed E-state index contributed by atoms with van der Waals surface area (Å²) in [5.74, 6) is 2.05. The predicted molar refractivity (Wildman–Crippen MR) is 143 cm³/mol. The maximum atomic E-state index is 12.1. The van der Waals surface area contributed by atoms with E-state index in [1.807, 2.05) is 18.2 Å². The molecule has 1 heterocycles. The standard InChI is InChI=1S/C29H42N2O3/c1-8-21(4)26(13-11-23(9-2)24-15-17-31(10-3)18-16-24)30-27(19-22(5)32)25-12-14-28(33-6)29(20-25)34-7/h9,11-14,19-21,24H,8,10,15-18H2,1-7H3/b13-11-,23-9+,27-19-,30-26+. The maximum absolute atomic E-state index is 12.1. The number of rotatable bonds is 11. The van der Waals surface area contributed by atoms with Crippen LogP contribution >= 0.6 is 0 Å².